The number of benzene rings is 1. The number of ether oxygens (including phenoxy) is 1. The lowest BCUT2D eigenvalue weighted by Crippen LogP contribution is -2.26. The van der Waals surface area contributed by atoms with Crippen LogP contribution in [-0.2, 0) is 16.1 Å². The van der Waals surface area contributed by atoms with Crippen molar-refractivity contribution >= 4 is 17.5 Å². The minimum atomic E-state index is -0.535. The number of anilines is 1. The lowest BCUT2D eigenvalue weighted by Gasteiger charge is -2.14. The van der Waals surface area contributed by atoms with Crippen LogP contribution < -0.4 is 4.90 Å². The Morgan fingerprint density at radius 1 is 1.18 bits per heavy atom. The molecule has 1 amide bonds. The second-order valence-corrected chi connectivity index (χ2v) is 7.85. The van der Waals surface area contributed by atoms with E-state index in [4.69, 9.17) is 14.7 Å². The zero-order valence-electron chi connectivity index (χ0n) is 17.5. The molecule has 0 radical (unpaired) electrons. The third kappa shape index (κ3) is 4.40. The highest BCUT2D eigenvalue weighted by atomic mass is 19.1. The number of halogens is 1. The number of amides is 1. The molecule has 0 spiro atoms. The molecule has 1 fully saturated rings. The molecule has 1 saturated heterocycles. The van der Waals surface area contributed by atoms with Crippen LogP contribution in [0.3, 0.4) is 0 Å². The summed E-state index contributed by atoms with van der Waals surface area (Å²) < 4.78 is 22.0. The predicted molar refractivity (Wildman–Crippen MR) is 115 cm³/mol. The minimum absolute atomic E-state index is 0.0229. The van der Waals surface area contributed by atoms with Crippen molar-refractivity contribution in [1.29, 1.82) is 0 Å². The molecule has 2 aliphatic heterocycles. The fraction of sp³-hybridized carbons (Fsp3) is 0.318. The monoisotopic (exact) mass is 452 g/mol. The van der Waals surface area contributed by atoms with Crippen molar-refractivity contribution in [2.75, 3.05) is 18.1 Å². The van der Waals surface area contributed by atoms with Crippen molar-refractivity contribution in [2.45, 2.75) is 31.6 Å². The Balaban J connectivity index is 1.32. The van der Waals surface area contributed by atoms with E-state index >= 15 is 4.39 Å². The lowest BCUT2D eigenvalue weighted by atomic mass is 10.0. The molecule has 2 aliphatic rings. The first-order valence-electron chi connectivity index (χ1n) is 10.5. The molecule has 1 N–H and O–H groups in total. The van der Waals surface area contributed by atoms with Crippen LogP contribution in [0.1, 0.15) is 18.4 Å². The summed E-state index contributed by atoms with van der Waals surface area (Å²) in [5.74, 6) is -0.484. The van der Waals surface area contributed by atoms with Gasteiger partial charge < -0.3 is 14.7 Å². The van der Waals surface area contributed by atoms with Gasteiger partial charge in [0.15, 0.2) is 0 Å². The molecule has 170 valence electrons. The van der Waals surface area contributed by atoms with E-state index in [-0.39, 0.29) is 19.3 Å². The van der Waals surface area contributed by atoms with Crippen molar-refractivity contribution in [3.63, 3.8) is 0 Å². The number of pyridine rings is 1. The van der Waals surface area contributed by atoms with E-state index in [1.807, 2.05) is 0 Å². The summed E-state index contributed by atoms with van der Waals surface area (Å²) in [6.45, 7) is 0.673. The summed E-state index contributed by atoms with van der Waals surface area (Å²) in [4.78, 5) is 23.3. The minimum Gasteiger partial charge on any atom is -0.442 e. The molecule has 1 unspecified atom stereocenters. The Morgan fingerprint density at radius 2 is 2.06 bits per heavy atom. The van der Waals surface area contributed by atoms with Crippen LogP contribution in [-0.4, -0.2) is 62.2 Å². The van der Waals surface area contributed by atoms with Gasteiger partial charge in [-0.15, -0.1) is 5.10 Å². The van der Waals surface area contributed by atoms with E-state index in [1.165, 1.54) is 11.0 Å². The molecule has 3 aromatic rings. The van der Waals surface area contributed by atoms with Gasteiger partial charge in [0, 0.05) is 54.7 Å². The Hall–Kier alpha value is -3.86. The van der Waals surface area contributed by atoms with Gasteiger partial charge >= 0.3 is 6.09 Å². The predicted octanol–water partition coefficient (Wildman–Crippen LogP) is 2.38. The summed E-state index contributed by atoms with van der Waals surface area (Å²) >= 11 is 0. The summed E-state index contributed by atoms with van der Waals surface area (Å²) in [6.07, 6.45) is 6.39. The zero-order valence-corrected chi connectivity index (χ0v) is 17.5. The summed E-state index contributed by atoms with van der Waals surface area (Å²) in [5, 5.41) is 20.8. The number of aliphatic hydroxyl groups excluding tert-OH is 1. The van der Waals surface area contributed by atoms with E-state index in [0.717, 1.165) is 5.56 Å². The van der Waals surface area contributed by atoms with Gasteiger partial charge in [0.05, 0.1) is 30.7 Å². The van der Waals surface area contributed by atoms with Crippen LogP contribution in [0.15, 0.2) is 54.2 Å². The average Bonchev–Trinajstić information content (AvgIpc) is 3.56. The number of hydrogen-bond donors (Lipinski definition) is 1. The molecule has 11 heteroatoms. The van der Waals surface area contributed by atoms with Gasteiger partial charge in [0.2, 0.25) is 0 Å². The van der Waals surface area contributed by atoms with Crippen molar-refractivity contribution in [3.05, 3.63) is 60.4 Å². The largest absolute Gasteiger partial charge is 0.442 e. The van der Waals surface area contributed by atoms with E-state index in [0.29, 0.717) is 41.9 Å². The zero-order chi connectivity index (χ0) is 22.8. The van der Waals surface area contributed by atoms with Crippen molar-refractivity contribution in [3.8, 4) is 11.1 Å². The molecule has 2 aromatic heterocycles. The van der Waals surface area contributed by atoms with Gasteiger partial charge in [-0.3, -0.25) is 9.88 Å². The third-order valence-electron chi connectivity index (χ3n) is 5.57. The Labute approximate surface area is 188 Å². The van der Waals surface area contributed by atoms with Gasteiger partial charge in [-0.25, -0.2) is 13.9 Å². The number of carbonyl (C=O) groups is 1. The molecular weight excluding hydrogens is 431 g/mol. The molecule has 0 aliphatic carbocycles. The normalized spacial score (nSPS) is 20.0. The van der Waals surface area contributed by atoms with E-state index in [2.05, 4.69) is 20.5 Å². The van der Waals surface area contributed by atoms with Crippen LogP contribution in [0.4, 0.5) is 14.9 Å². The number of hydrogen-bond acceptors (Lipinski definition) is 8. The highest BCUT2D eigenvalue weighted by Gasteiger charge is 2.33. The number of aromatic nitrogens is 4. The van der Waals surface area contributed by atoms with E-state index < -0.39 is 18.0 Å². The van der Waals surface area contributed by atoms with Gasteiger partial charge in [0.1, 0.15) is 18.0 Å². The van der Waals surface area contributed by atoms with E-state index in [1.54, 1.807) is 47.7 Å². The van der Waals surface area contributed by atoms with Crippen molar-refractivity contribution < 1.29 is 23.9 Å². The first kappa shape index (κ1) is 21.0. The molecule has 10 nitrogen and oxygen atoms in total. The maximum absolute atomic E-state index is 15.1. The summed E-state index contributed by atoms with van der Waals surface area (Å²) in [5.41, 5.74) is 2.78. The Morgan fingerprint density at radius 3 is 2.85 bits per heavy atom. The van der Waals surface area contributed by atoms with Crippen LogP contribution in [0.25, 0.3) is 11.1 Å². The number of carbonyl (C=O) groups excluding carboxylic acids is 1. The molecule has 33 heavy (non-hydrogen) atoms. The van der Waals surface area contributed by atoms with Crippen LogP contribution in [0.5, 0.6) is 0 Å². The van der Waals surface area contributed by atoms with Crippen molar-refractivity contribution in [1.82, 2.24) is 20.0 Å². The smallest absolute Gasteiger partial charge is 0.414 e. The Kier molecular flexibility index (Phi) is 5.69. The highest BCUT2D eigenvalue weighted by molar-refractivity contribution is 6.01. The third-order valence-corrected chi connectivity index (χ3v) is 5.57. The molecule has 4 heterocycles. The standard InChI is InChI=1S/C22H21FN6O4/c23-20-8-16(29-13-18(32-22(29)31)12-28-5-4-25-27-28)1-2-19(20)14-7-15(11-24-10-14)21-9-17(3-6-30)33-26-21/h1-2,4-5,7-8,10-11,17-18,30H,3,6,9,12-13H2/t17?,18-/m0/s1. The Bertz CT molecular complexity index is 1190. The van der Waals surface area contributed by atoms with Crippen LogP contribution >= 0.6 is 0 Å². The SMILES string of the molecule is O=C1O[C@@H](Cn2ccnn2)CN1c1ccc(-c2cncc(C3=NOC(CCO)C3)c2)c(F)c1. The quantitative estimate of drug-likeness (QED) is 0.585. The summed E-state index contributed by atoms with van der Waals surface area (Å²) in [7, 11) is 0. The van der Waals surface area contributed by atoms with E-state index in [9.17, 15) is 4.79 Å². The van der Waals surface area contributed by atoms with Gasteiger partial charge in [-0.05, 0) is 24.3 Å². The molecular formula is C22H21FN6O4. The first-order valence-corrected chi connectivity index (χ1v) is 10.5. The highest BCUT2D eigenvalue weighted by Crippen LogP contribution is 2.30. The second-order valence-electron chi connectivity index (χ2n) is 7.85. The number of aliphatic hydroxyl groups is 1. The van der Waals surface area contributed by atoms with Gasteiger partial charge in [0.25, 0.3) is 0 Å². The molecule has 5 rings (SSSR count). The lowest BCUT2D eigenvalue weighted by molar-refractivity contribution is 0.0645. The molecule has 1 aromatic carbocycles. The van der Waals surface area contributed by atoms with Crippen molar-refractivity contribution in [2.24, 2.45) is 5.16 Å². The fourth-order valence-electron chi connectivity index (χ4n) is 3.91. The molecule has 0 bridgehead atoms. The fourth-order valence-corrected chi connectivity index (χ4v) is 3.91. The maximum atomic E-state index is 15.1. The second kappa shape index (κ2) is 8.94. The summed E-state index contributed by atoms with van der Waals surface area (Å²) in [6, 6.07) is 6.41. The number of nitrogens with zero attached hydrogens (tertiary/aromatic N) is 6. The molecule has 2 atom stereocenters. The molecule has 0 saturated carbocycles. The first-order chi connectivity index (χ1) is 16.1. The number of cyclic esters (lactones) is 1. The average molecular weight is 452 g/mol. The van der Waals surface area contributed by atoms with Gasteiger partial charge in [-0.2, -0.15) is 0 Å². The topological polar surface area (TPSA) is 115 Å². The maximum Gasteiger partial charge on any atom is 0.414 e. The van der Waals surface area contributed by atoms with Crippen LogP contribution in [0.2, 0.25) is 0 Å². The van der Waals surface area contributed by atoms with Gasteiger partial charge in [-0.1, -0.05) is 10.4 Å². The van der Waals surface area contributed by atoms with Crippen LogP contribution in [0, 0.1) is 5.82 Å². The number of oxime groups is 1. The number of rotatable bonds is 7.